The molecule has 1 N–H and O–H groups in total. The minimum Gasteiger partial charge on any atom is -0.347 e. The first-order valence-electron chi connectivity index (χ1n) is 10.2. The van der Waals surface area contributed by atoms with Crippen molar-refractivity contribution in [2.24, 2.45) is 0 Å². The number of aryl methyl sites for hydroxylation is 2. The topological polar surface area (TPSA) is 91.3 Å². The maximum atomic E-state index is 12.8. The van der Waals surface area contributed by atoms with Crippen LogP contribution in [0, 0.1) is 0 Å². The van der Waals surface area contributed by atoms with Crippen LogP contribution in [0.4, 0.5) is 11.9 Å². The highest BCUT2D eigenvalue weighted by Gasteiger charge is 2.21. The number of hydrogen-bond acceptors (Lipinski definition) is 7. The molecule has 0 spiro atoms. The second-order valence-electron chi connectivity index (χ2n) is 7.90. The van der Waals surface area contributed by atoms with Crippen LogP contribution in [0.1, 0.15) is 42.6 Å². The molecule has 0 radical (unpaired) electrons. The van der Waals surface area contributed by atoms with Gasteiger partial charge >= 0.3 is 0 Å². The van der Waals surface area contributed by atoms with Crippen LogP contribution < -0.4 is 14.5 Å². The number of anilines is 2. The lowest BCUT2D eigenvalue weighted by atomic mass is 9.92. The molecule has 1 aliphatic heterocycles. The summed E-state index contributed by atoms with van der Waals surface area (Å²) in [7, 11) is 0.0959. The van der Waals surface area contributed by atoms with E-state index in [1.807, 2.05) is 31.1 Å². The zero-order chi connectivity index (χ0) is 20.4. The number of aromatic nitrogens is 3. The molecule has 1 aromatic carbocycles. The van der Waals surface area contributed by atoms with E-state index in [0.29, 0.717) is 22.6 Å². The Bertz CT molecular complexity index is 986. The maximum Gasteiger partial charge on any atom is 0.240 e. The summed E-state index contributed by atoms with van der Waals surface area (Å²) in [5.74, 6) is 1.57. The van der Waals surface area contributed by atoms with Crippen molar-refractivity contribution in [2.45, 2.75) is 50.0 Å². The van der Waals surface area contributed by atoms with Gasteiger partial charge in [0.1, 0.15) is 0 Å². The fraction of sp³-hybridized carbons (Fsp3) is 0.550. The molecule has 0 amide bonds. The Balaban J connectivity index is 1.54. The van der Waals surface area contributed by atoms with E-state index >= 15 is 0 Å². The van der Waals surface area contributed by atoms with Crippen molar-refractivity contribution in [1.82, 2.24) is 19.7 Å². The number of nitrogens with zero attached hydrogens (tertiary/aromatic N) is 5. The highest BCUT2D eigenvalue weighted by molar-refractivity contribution is 7.89. The molecule has 1 saturated heterocycles. The fourth-order valence-corrected chi connectivity index (χ4v) is 4.88. The summed E-state index contributed by atoms with van der Waals surface area (Å²) in [6.07, 6.45) is 6.48. The molecule has 4 rings (SSSR count). The van der Waals surface area contributed by atoms with Crippen molar-refractivity contribution in [1.29, 1.82) is 0 Å². The van der Waals surface area contributed by atoms with Crippen molar-refractivity contribution in [3.05, 3.63) is 35.2 Å². The smallest absolute Gasteiger partial charge is 0.240 e. The minimum absolute atomic E-state index is 0.0314. The number of sulfonamides is 1. The van der Waals surface area contributed by atoms with Crippen LogP contribution in [-0.4, -0.2) is 50.6 Å². The first-order chi connectivity index (χ1) is 13.9. The zero-order valence-corrected chi connectivity index (χ0v) is 17.9. The third kappa shape index (κ3) is 4.51. The van der Waals surface area contributed by atoms with Gasteiger partial charge in [-0.15, -0.1) is 0 Å². The summed E-state index contributed by atoms with van der Waals surface area (Å²) in [4.78, 5) is 17.7. The van der Waals surface area contributed by atoms with Crippen LogP contribution in [-0.2, 0) is 29.4 Å². The molecule has 2 aromatic rings. The predicted molar refractivity (Wildman–Crippen MR) is 113 cm³/mol. The van der Waals surface area contributed by atoms with E-state index in [9.17, 15) is 8.42 Å². The number of benzene rings is 1. The van der Waals surface area contributed by atoms with Gasteiger partial charge in [0.25, 0.3) is 0 Å². The maximum absolute atomic E-state index is 12.8. The Hall–Kier alpha value is -2.26. The second-order valence-corrected chi connectivity index (χ2v) is 9.67. The standard InChI is InChI=1S/C20H28N6O2S/c1-25(2)19-22-18(23-20(24-19)26-11-5-6-12-26)14-21-29(27,28)17-10-9-15-7-3-4-8-16(15)13-17/h9-10,13,21H,3-8,11-12,14H2,1-2H3. The van der Waals surface area contributed by atoms with Crippen molar-refractivity contribution >= 4 is 21.9 Å². The summed E-state index contributed by atoms with van der Waals surface area (Å²) in [5.41, 5.74) is 2.41. The SMILES string of the molecule is CN(C)c1nc(CNS(=O)(=O)c2ccc3c(c2)CCCC3)nc(N2CCCC2)n1. The van der Waals surface area contributed by atoms with Crippen LogP contribution in [0.15, 0.2) is 23.1 Å². The summed E-state index contributed by atoms with van der Waals surface area (Å²) in [6, 6.07) is 5.45. The van der Waals surface area contributed by atoms with Gasteiger partial charge in [0, 0.05) is 27.2 Å². The van der Waals surface area contributed by atoms with Gasteiger partial charge in [-0.3, -0.25) is 0 Å². The van der Waals surface area contributed by atoms with Crippen molar-refractivity contribution in [3.8, 4) is 0 Å². The summed E-state index contributed by atoms with van der Waals surface area (Å²) in [5, 5.41) is 0. The summed E-state index contributed by atoms with van der Waals surface area (Å²) >= 11 is 0. The molecule has 156 valence electrons. The predicted octanol–water partition coefficient (Wildman–Crippen LogP) is 1.90. The van der Waals surface area contributed by atoms with Gasteiger partial charge in [-0.2, -0.15) is 15.0 Å². The van der Waals surface area contributed by atoms with E-state index in [2.05, 4.69) is 24.6 Å². The van der Waals surface area contributed by atoms with E-state index in [1.165, 1.54) is 12.0 Å². The Morgan fingerprint density at radius 3 is 2.45 bits per heavy atom. The third-order valence-corrected chi connectivity index (χ3v) is 6.90. The monoisotopic (exact) mass is 416 g/mol. The van der Waals surface area contributed by atoms with E-state index in [0.717, 1.165) is 50.8 Å². The average Bonchev–Trinajstić information content (AvgIpc) is 3.27. The molecular formula is C20H28N6O2S. The lowest BCUT2D eigenvalue weighted by molar-refractivity contribution is 0.578. The molecule has 9 heteroatoms. The molecular weight excluding hydrogens is 388 g/mol. The van der Waals surface area contributed by atoms with Gasteiger partial charge < -0.3 is 9.80 Å². The fourth-order valence-electron chi connectivity index (χ4n) is 3.85. The van der Waals surface area contributed by atoms with Crippen LogP contribution >= 0.6 is 0 Å². The molecule has 1 fully saturated rings. The Morgan fingerprint density at radius 1 is 1.00 bits per heavy atom. The third-order valence-electron chi connectivity index (χ3n) is 5.50. The first kappa shape index (κ1) is 20.0. The van der Waals surface area contributed by atoms with Crippen LogP contribution in [0.2, 0.25) is 0 Å². The van der Waals surface area contributed by atoms with Gasteiger partial charge in [0.15, 0.2) is 5.82 Å². The van der Waals surface area contributed by atoms with E-state index in [1.54, 1.807) is 6.07 Å². The number of fused-ring (bicyclic) bond motifs is 1. The lowest BCUT2D eigenvalue weighted by Gasteiger charge is -2.19. The zero-order valence-electron chi connectivity index (χ0n) is 17.1. The molecule has 29 heavy (non-hydrogen) atoms. The Labute approximate surface area is 172 Å². The van der Waals surface area contributed by atoms with E-state index in [-0.39, 0.29) is 6.54 Å². The lowest BCUT2D eigenvalue weighted by Crippen LogP contribution is -2.28. The van der Waals surface area contributed by atoms with Crippen molar-refractivity contribution < 1.29 is 8.42 Å². The molecule has 0 bridgehead atoms. The van der Waals surface area contributed by atoms with Gasteiger partial charge in [-0.05, 0) is 61.8 Å². The molecule has 0 saturated carbocycles. The van der Waals surface area contributed by atoms with Crippen LogP contribution in [0.5, 0.6) is 0 Å². The van der Waals surface area contributed by atoms with Crippen LogP contribution in [0.25, 0.3) is 0 Å². The Morgan fingerprint density at radius 2 is 1.72 bits per heavy atom. The van der Waals surface area contributed by atoms with E-state index < -0.39 is 10.0 Å². The molecule has 2 heterocycles. The first-order valence-corrected chi connectivity index (χ1v) is 11.7. The average molecular weight is 417 g/mol. The highest BCUT2D eigenvalue weighted by Crippen LogP contribution is 2.24. The largest absolute Gasteiger partial charge is 0.347 e. The summed E-state index contributed by atoms with van der Waals surface area (Å²) < 4.78 is 28.4. The molecule has 1 aliphatic carbocycles. The number of hydrogen-bond donors (Lipinski definition) is 1. The van der Waals surface area contributed by atoms with Gasteiger partial charge in [0.05, 0.1) is 11.4 Å². The van der Waals surface area contributed by atoms with E-state index in [4.69, 9.17) is 0 Å². The van der Waals surface area contributed by atoms with Crippen LogP contribution in [0.3, 0.4) is 0 Å². The van der Waals surface area contributed by atoms with Gasteiger partial charge in [-0.25, -0.2) is 13.1 Å². The number of rotatable bonds is 6. The molecule has 1 aromatic heterocycles. The quantitative estimate of drug-likeness (QED) is 0.769. The molecule has 8 nitrogen and oxygen atoms in total. The normalized spacial score (nSPS) is 16.7. The second kappa shape index (κ2) is 8.23. The number of nitrogens with one attached hydrogen (secondary N) is 1. The Kier molecular flexibility index (Phi) is 5.69. The van der Waals surface area contributed by atoms with Crippen molar-refractivity contribution in [3.63, 3.8) is 0 Å². The minimum atomic E-state index is -3.63. The highest BCUT2D eigenvalue weighted by atomic mass is 32.2. The summed E-state index contributed by atoms with van der Waals surface area (Å²) in [6.45, 7) is 1.86. The molecule has 0 unspecified atom stereocenters. The van der Waals surface area contributed by atoms with Crippen molar-refractivity contribution in [2.75, 3.05) is 37.0 Å². The molecule has 2 aliphatic rings. The van der Waals surface area contributed by atoms with Gasteiger partial charge in [0.2, 0.25) is 21.9 Å². The molecule has 0 atom stereocenters. The van der Waals surface area contributed by atoms with Gasteiger partial charge in [-0.1, -0.05) is 6.07 Å².